The van der Waals surface area contributed by atoms with E-state index in [0.717, 1.165) is 0 Å². The number of ketones is 1. The van der Waals surface area contributed by atoms with Crippen LogP contribution in [0.1, 0.15) is 22.9 Å². The van der Waals surface area contributed by atoms with Gasteiger partial charge in [-0.2, -0.15) is 0 Å². The molecule has 30 heavy (non-hydrogen) atoms. The highest BCUT2D eigenvalue weighted by Gasteiger charge is 2.48. The molecule has 1 saturated heterocycles. The molecule has 0 spiro atoms. The van der Waals surface area contributed by atoms with Crippen LogP contribution in [0.4, 0.5) is 5.82 Å². The smallest absolute Gasteiger partial charge is 0.301 e. The van der Waals surface area contributed by atoms with Crippen molar-refractivity contribution in [3.63, 3.8) is 0 Å². The second-order valence-electron chi connectivity index (χ2n) is 6.74. The average molecular weight is 425 g/mol. The number of hydrogen-bond acceptors (Lipinski definition) is 6. The van der Waals surface area contributed by atoms with E-state index in [1.165, 1.54) is 12.0 Å². The number of halogens is 1. The van der Waals surface area contributed by atoms with Gasteiger partial charge in [0.2, 0.25) is 0 Å². The van der Waals surface area contributed by atoms with Crippen molar-refractivity contribution < 1.29 is 24.0 Å². The number of aliphatic hydroxyl groups excluding tert-OH is 1. The number of aryl methyl sites for hydroxylation is 1. The second kappa shape index (κ2) is 7.68. The van der Waals surface area contributed by atoms with Crippen LogP contribution in [0.15, 0.2) is 64.7 Å². The van der Waals surface area contributed by atoms with E-state index in [4.69, 9.17) is 20.9 Å². The van der Waals surface area contributed by atoms with Crippen LogP contribution < -0.4 is 9.64 Å². The molecule has 2 heterocycles. The summed E-state index contributed by atoms with van der Waals surface area (Å²) in [7, 11) is 1.53. The van der Waals surface area contributed by atoms with Crippen LogP contribution in [-0.2, 0) is 9.59 Å². The normalized spacial score (nSPS) is 18.1. The summed E-state index contributed by atoms with van der Waals surface area (Å²) in [5.41, 5.74) is 0.923. The summed E-state index contributed by atoms with van der Waals surface area (Å²) in [6, 6.07) is 13.9. The zero-order valence-electron chi connectivity index (χ0n) is 16.1. The fourth-order valence-electron chi connectivity index (χ4n) is 3.40. The lowest BCUT2D eigenvalue weighted by Crippen LogP contribution is -2.29. The van der Waals surface area contributed by atoms with Gasteiger partial charge >= 0.3 is 5.91 Å². The third-order valence-corrected chi connectivity index (χ3v) is 5.11. The molecule has 152 valence electrons. The highest BCUT2D eigenvalue weighted by molar-refractivity contribution is 6.51. The Morgan fingerprint density at radius 2 is 1.80 bits per heavy atom. The molecular weight excluding hydrogens is 408 g/mol. The number of aromatic nitrogens is 1. The summed E-state index contributed by atoms with van der Waals surface area (Å²) < 4.78 is 10.2. The van der Waals surface area contributed by atoms with Crippen molar-refractivity contribution in [1.29, 1.82) is 0 Å². The number of amides is 1. The molecule has 8 heteroatoms. The van der Waals surface area contributed by atoms with E-state index in [9.17, 15) is 14.7 Å². The lowest BCUT2D eigenvalue weighted by atomic mass is 9.95. The van der Waals surface area contributed by atoms with E-state index in [0.29, 0.717) is 27.7 Å². The molecule has 0 saturated carbocycles. The third kappa shape index (κ3) is 3.33. The molecule has 1 aliphatic heterocycles. The minimum absolute atomic E-state index is 0.0480. The molecule has 1 unspecified atom stereocenters. The summed E-state index contributed by atoms with van der Waals surface area (Å²) in [4.78, 5) is 27.1. The van der Waals surface area contributed by atoms with Gasteiger partial charge in [-0.05, 0) is 48.9 Å². The summed E-state index contributed by atoms with van der Waals surface area (Å²) in [6.07, 6.45) is 0. The van der Waals surface area contributed by atoms with Gasteiger partial charge in [0, 0.05) is 16.7 Å². The fraction of sp³-hybridized carbons (Fsp3) is 0.136. The predicted octanol–water partition coefficient (Wildman–Crippen LogP) is 4.27. The van der Waals surface area contributed by atoms with E-state index in [1.807, 2.05) is 0 Å². The predicted molar refractivity (Wildman–Crippen MR) is 110 cm³/mol. The number of methoxy groups -OCH3 is 1. The van der Waals surface area contributed by atoms with Crippen molar-refractivity contribution in [3.8, 4) is 5.75 Å². The molecule has 2 aromatic carbocycles. The Balaban J connectivity index is 1.91. The molecule has 1 atom stereocenters. The summed E-state index contributed by atoms with van der Waals surface area (Å²) >= 11 is 6.01. The number of nitrogens with zero attached hydrogens (tertiary/aromatic N) is 2. The van der Waals surface area contributed by atoms with Crippen LogP contribution in [0, 0.1) is 6.92 Å². The number of carbonyl (C=O) groups excluding carboxylic acids is 2. The van der Waals surface area contributed by atoms with E-state index in [-0.39, 0.29) is 17.2 Å². The van der Waals surface area contributed by atoms with E-state index in [1.54, 1.807) is 61.5 Å². The van der Waals surface area contributed by atoms with Crippen LogP contribution in [0.25, 0.3) is 5.76 Å². The van der Waals surface area contributed by atoms with Gasteiger partial charge in [0.25, 0.3) is 5.78 Å². The summed E-state index contributed by atoms with van der Waals surface area (Å²) in [6.45, 7) is 1.68. The van der Waals surface area contributed by atoms with E-state index >= 15 is 0 Å². The molecule has 1 aromatic heterocycles. The van der Waals surface area contributed by atoms with Crippen molar-refractivity contribution in [2.24, 2.45) is 0 Å². The zero-order chi connectivity index (χ0) is 21.4. The fourth-order valence-corrected chi connectivity index (χ4v) is 3.53. The lowest BCUT2D eigenvalue weighted by Gasteiger charge is -2.22. The molecule has 0 bridgehead atoms. The molecule has 1 fully saturated rings. The summed E-state index contributed by atoms with van der Waals surface area (Å²) in [5, 5.41) is 15.4. The molecule has 0 aliphatic carbocycles. The van der Waals surface area contributed by atoms with Crippen LogP contribution in [0.2, 0.25) is 5.02 Å². The number of anilines is 1. The van der Waals surface area contributed by atoms with Crippen molar-refractivity contribution in [1.82, 2.24) is 5.16 Å². The van der Waals surface area contributed by atoms with Gasteiger partial charge in [-0.3, -0.25) is 14.5 Å². The average Bonchev–Trinajstić information content (AvgIpc) is 3.29. The molecular formula is C22H17ClN2O5. The van der Waals surface area contributed by atoms with Gasteiger partial charge in [-0.15, -0.1) is 0 Å². The Bertz CT molecular complexity index is 1150. The van der Waals surface area contributed by atoms with Gasteiger partial charge < -0.3 is 14.4 Å². The van der Waals surface area contributed by atoms with Gasteiger partial charge in [-0.25, -0.2) is 0 Å². The van der Waals surface area contributed by atoms with E-state index in [2.05, 4.69) is 5.16 Å². The first kappa shape index (κ1) is 19.7. The number of Topliss-reactive ketones (excluding diaryl/α,β-unsaturated/α-hetero) is 1. The largest absolute Gasteiger partial charge is 0.507 e. The SMILES string of the molecule is COc1ccc(/C(O)=C2\C(=O)C(=O)N(c3cc(C)on3)C2c2ccc(Cl)cc2)cc1. The highest BCUT2D eigenvalue weighted by atomic mass is 35.5. The molecule has 3 aromatic rings. The topological polar surface area (TPSA) is 92.9 Å². The van der Waals surface area contributed by atoms with E-state index < -0.39 is 17.7 Å². The van der Waals surface area contributed by atoms with Gasteiger partial charge in [0.05, 0.1) is 18.7 Å². The van der Waals surface area contributed by atoms with Gasteiger partial charge in [0.15, 0.2) is 5.82 Å². The molecule has 1 aliphatic rings. The molecule has 1 amide bonds. The number of carbonyl (C=O) groups is 2. The summed E-state index contributed by atoms with van der Waals surface area (Å²) in [5.74, 6) is -0.652. The van der Waals surface area contributed by atoms with Crippen molar-refractivity contribution in [2.75, 3.05) is 12.0 Å². The Morgan fingerprint density at radius 3 is 2.37 bits per heavy atom. The van der Waals surface area contributed by atoms with Crippen molar-refractivity contribution in [3.05, 3.63) is 82.1 Å². The number of aliphatic hydroxyl groups is 1. The van der Waals surface area contributed by atoms with Gasteiger partial charge in [-0.1, -0.05) is 28.9 Å². The number of benzene rings is 2. The Hall–Kier alpha value is -3.58. The molecule has 0 radical (unpaired) electrons. The zero-order valence-corrected chi connectivity index (χ0v) is 16.9. The molecule has 7 nitrogen and oxygen atoms in total. The third-order valence-electron chi connectivity index (χ3n) is 4.86. The standard InChI is InChI=1S/C22H17ClN2O5/c1-12-11-17(24-30-12)25-19(13-3-7-15(23)8-4-13)18(21(27)22(25)28)20(26)14-5-9-16(29-2)10-6-14/h3-11,19,26H,1-2H3/b20-18+. The van der Waals surface area contributed by atoms with Crippen LogP contribution in [-0.4, -0.2) is 29.1 Å². The number of ether oxygens (including phenoxy) is 1. The highest BCUT2D eigenvalue weighted by Crippen LogP contribution is 2.42. The lowest BCUT2D eigenvalue weighted by molar-refractivity contribution is -0.132. The quantitative estimate of drug-likeness (QED) is 0.382. The first-order chi connectivity index (χ1) is 14.4. The van der Waals surface area contributed by atoms with Crippen LogP contribution in [0.5, 0.6) is 5.75 Å². The van der Waals surface area contributed by atoms with Crippen molar-refractivity contribution >= 4 is 34.9 Å². The van der Waals surface area contributed by atoms with Crippen LogP contribution in [0.3, 0.4) is 0 Å². The van der Waals surface area contributed by atoms with Gasteiger partial charge in [0.1, 0.15) is 17.3 Å². The Morgan fingerprint density at radius 1 is 1.13 bits per heavy atom. The maximum Gasteiger partial charge on any atom is 0.301 e. The molecule has 4 rings (SSSR count). The number of rotatable bonds is 4. The Labute approximate surface area is 177 Å². The minimum Gasteiger partial charge on any atom is -0.507 e. The second-order valence-corrected chi connectivity index (χ2v) is 7.18. The van der Waals surface area contributed by atoms with Crippen LogP contribution >= 0.6 is 11.6 Å². The monoisotopic (exact) mass is 424 g/mol. The maximum absolute atomic E-state index is 13.0. The minimum atomic E-state index is -0.895. The van der Waals surface area contributed by atoms with Crippen molar-refractivity contribution in [2.45, 2.75) is 13.0 Å². The molecule has 1 N–H and O–H groups in total. The number of hydrogen-bond donors (Lipinski definition) is 1. The Kier molecular flexibility index (Phi) is 5.05. The first-order valence-corrected chi connectivity index (χ1v) is 9.42. The maximum atomic E-state index is 13.0. The first-order valence-electron chi connectivity index (χ1n) is 9.05.